The Morgan fingerprint density at radius 1 is 1.04 bits per heavy atom. The van der Waals surface area contributed by atoms with Crippen LogP contribution in [0.5, 0.6) is 0 Å². The van der Waals surface area contributed by atoms with Crippen molar-refractivity contribution < 1.29 is 14.7 Å². The molecule has 1 atom stereocenters. The maximum absolute atomic E-state index is 12.1. The van der Waals surface area contributed by atoms with Crippen molar-refractivity contribution in [3.8, 4) is 0 Å². The van der Waals surface area contributed by atoms with Crippen molar-refractivity contribution in [3.05, 3.63) is 60.2 Å². The van der Waals surface area contributed by atoms with Gasteiger partial charge in [-0.05, 0) is 42.3 Å². The highest BCUT2D eigenvalue weighted by Gasteiger charge is 2.35. The minimum atomic E-state index is -1.49. The van der Waals surface area contributed by atoms with Gasteiger partial charge in [-0.2, -0.15) is 0 Å². The third-order valence-electron chi connectivity index (χ3n) is 3.77. The molecule has 2 rings (SSSR count). The molecule has 5 N–H and O–H groups in total. The lowest BCUT2D eigenvalue weighted by atomic mass is 9.86. The molecule has 2 aromatic carbocycles. The molecule has 0 bridgehead atoms. The average Bonchev–Trinajstić information content (AvgIpc) is 2.57. The van der Waals surface area contributed by atoms with Gasteiger partial charge >= 0.3 is 5.97 Å². The number of aliphatic carboxylic acids is 1. The molecule has 0 aliphatic heterocycles. The largest absolute Gasteiger partial charge is 0.480 e. The van der Waals surface area contributed by atoms with Crippen LogP contribution in [0.3, 0.4) is 0 Å². The van der Waals surface area contributed by atoms with Crippen LogP contribution in [0.1, 0.15) is 24.8 Å². The highest BCUT2D eigenvalue weighted by Crippen LogP contribution is 2.29. The Morgan fingerprint density at radius 3 is 2.29 bits per heavy atom. The van der Waals surface area contributed by atoms with Crippen molar-refractivity contribution in [2.45, 2.75) is 29.7 Å². The van der Waals surface area contributed by atoms with Gasteiger partial charge in [0, 0.05) is 17.0 Å². The molecule has 0 saturated carbocycles. The molecule has 0 aromatic heterocycles. The number of para-hydroxylation sites is 1. The van der Waals surface area contributed by atoms with Crippen LogP contribution in [-0.2, 0) is 15.1 Å². The van der Waals surface area contributed by atoms with E-state index >= 15 is 0 Å². The first kappa shape index (κ1) is 18.0. The number of thioether (sulfide) groups is 1. The van der Waals surface area contributed by atoms with E-state index in [2.05, 4.69) is 0 Å². The zero-order chi connectivity index (χ0) is 17.6. The maximum Gasteiger partial charge on any atom is 0.328 e. The molecule has 0 spiro atoms. The highest BCUT2D eigenvalue weighted by atomic mass is 32.2. The number of hydrogen-bond donors (Lipinski definition) is 3. The molecule has 0 radical (unpaired) electrons. The van der Waals surface area contributed by atoms with Crippen LogP contribution in [0.2, 0.25) is 0 Å². The molecule has 0 aliphatic rings. The molecule has 0 fully saturated rings. The summed E-state index contributed by atoms with van der Waals surface area (Å²) in [4.78, 5) is 24.4. The summed E-state index contributed by atoms with van der Waals surface area (Å²) in [6, 6.07) is 15.8. The molecule has 0 heterocycles. The smallest absolute Gasteiger partial charge is 0.328 e. The van der Waals surface area contributed by atoms with Crippen molar-refractivity contribution in [3.63, 3.8) is 0 Å². The lowest BCUT2D eigenvalue weighted by Gasteiger charge is -2.25. The van der Waals surface area contributed by atoms with Gasteiger partial charge in [0.05, 0.1) is 0 Å². The topological polar surface area (TPSA) is 106 Å². The summed E-state index contributed by atoms with van der Waals surface area (Å²) < 4.78 is 0. The predicted molar refractivity (Wildman–Crippen MR) is 95.5 cm³/mol. The Hall–Kier alpha value is -2.31. The second kappa shape index (κ2) is 7.99. The quantitative estimate of drug-likeness (QED) is 0.526. The second-order valence-corrected chi connectivity index (χ2v) is 6.61. The number of nitrogen functional groups attached to an aromatic ring is 1. The van der Waals surface area contributed by atoms with E-state index in [9.17, 15) is 14.7 Å². The summed E-state index contributed by atoms with van der Waals surface area (Å²) in [5, 5.41) is 9.43. The van der Waals surface area contributed by atoms with Crippen molar-refractivity contribution in [2.75, 3.05) is 5.73 Å². The standard InChI is InChI=1S/C18H20N2O3S/c19-14-9-4-5-10-15(14)24-16(21)11-6-12-18(20,17(22)23)13-7-2-1-3-8-13/h1-5,7-10H,6,11-12,19-20H2,(H,22,23). The number of rotatable bonds is 7. The first-order chi connectivity index (χ1) is 11.4. The average molecular weight is 344 g/mol. The summed E-state index contributed by atoms with van der Waals surface area (Å²) in [6.07, 6.45) is 0.803. The molecule has 126 valence electrons. The number of carboxylic acid groups (broad SMARTS) is 1. The molecule has 0 aliphatic carbocycles. The van der Waals surface area contributed by atoms with Crippen LogP contribution in [-0.4, -0.2) is 16.2 Å². The van der Waals surface area contributed by atoms with E-state index in [0.29, 0.717) is 22.6 Å². The Labute approximate surface area is 145 Å². The number of anilines is 1. The maximum atomic E-state index is 12.1. The molecular weight excluding hydrogens is 324 g/mol. The van der Waals surface area contributed by atoms with Crippen LogP contribution < -0.4 is 11.5 Å². The molecule has 2 aromatic rings. The zero-order valence-corrected chi connectivity index (χ0v) is 14.0. The zero-order valence-electron chi connectivity index (χ0n) is 13.1. The van der Waals surface area contributed by atoms with E-state index in [4.69, 9.17) is 11.5 Å². The number of carboxylic acids is 1. The van der Waals surface area contributed by atoms with Crippen LogP contribution in [0.25, 0.3) is 0 Å². The first-order valence-corrected chi connectivity index (χ1v) is 8.38. The molecule has 24 heavy (non-hydrogen) atoms. The molecular formula is C18H20N2O3S. The third kappa shape index (κ3) is 4.37. The summed E-state index contributed by atoms with van der Waals surface area (Å²) in [6.45, 7) is 0. The highest BCUT2D eigenvalue weighted by molar-refractivity contribution is 8.13. The number of carbonyl (C=O) groups is 2. The fourth-order valence-corrected chi connectivity index (χ4v) is 3.19. The fraction of sp³-hybridized carbons (Fsp3) is 0.222. The van der Waals surface area contributed by atoms with Crippen molar-refractivity contribution >= 4 is 28.5 Å². The summed E-state index contributed by atoms with van der Waals surface area (Å²) in [5.41, 5.74) is 11.5. The number of hydrogen-bond acceptors (Lipinski definition) is 5. The normalized spacial score (nSPS) is 13.2. The third-order valence-corrected chi connectivity index (χ3v) is 4.79. The van der Waals surface area contributed by atoms with Crippen LogP contribution in [0, 0.1) is 0 Å². The molecule has 6 heteroatoms. The van der Waals surface area contributed by atoms with Gasteiger partial charge in [-0.15, -0.1) is 0 Å². The number of benzene rings is 2. The van der Waals surface area contributed by atoms with E-state index in [1.165, 1.54) is 0 Å². The van der Waals surface area contributed by atoms with Crippen molar-refractivity contribution in [1.29, 1.82) is 0 Å². The Bertz CT molecular complexity index is 721. The minimum absolute atomic E-state index is 0.0614. The van der Waals surface area contributed by atoms with Gasteiger partial charge in [0.1, 0.15) is 5.54 Å². The van der Waals surface area contributed by atoms with E-state index in [1.54, 1.807) is 48.5 Å². The summed E-state index contributed by atoms with van der Waals surface area (Å²) in [5.74, 6) is -1.10. The number of nitrogens with two attached hydrogens (primary N) is 2. The van der Waals surface area contributed by atoms with Crippen LogP contribution in [0.15, 0.2) is 59.5 Å². The minimum Gasteiger partial charge on any atom is -0.480 e. The summed E-state index contributed by atoms with van der Waals surface area (Å²) >= 11 is 1.07. The second-order valence-electron chi connectivity index (χ2n) is 5.51. The van der Waals surface area contributed by atoms with Gasteiger partial charge in [-0.3, -0.25) is 4.79 Å². The monoisotopic (exact) mass is 344 g/mol. The Balaban J connectivity index is 1.95. The van der Waals surface area contributed by atoms with Gasteiger partial charge in [0.25, 0.3) is 0 Å². The Morgan fingerprint density at radius 2 is 1.67 bits per heavy atom. The van der Waals surface area contributed by atoms with Crippen molar-refractivity contribution in [2.24, 2.45) is 5.73 Å². The van der Waals surface area contributed by atoms with E-state index in [0.717, 1.165) is 11.8 Å². The van der Waals surface area contributed by atoms with Gasteiger partial charge < -0.3 is 16.6 Å². The van der Waals surface area contributed by atoms with Gasteiger partial charge in [-0.25, -0.2) is 4.79 Å². The summed E-state index contributed by atoms with van der Waals surface area (Å²) in [7, 11) is 0. The van der Waals surface area contributed by atoms with Gasteiger partial charge in [-0.1, -0.05) is 42.5 Å². The van der Waals surface area contributed by atoms with Gasteiger partial charge in [0.2, 0.25) is 0 Å². The lowest BCUT2D eigenvalue weighted by Crippen LogP contribution is -2.44. The molecule has 1 unspecified atom stereocenters. The van der Waals surface area contributed by atoms with Gasteiger partial charge in [0.15, 0.2) is 5.12 Å². The van der Waals surface area contributed by atoms with E-state index < -0.39 is 11.5 Å². The predicted octanol–water partition coefficient (Wildman–Crippen LogP) is 3.00. The Kier molecular flexibility index (Phi) is 6.00. The van der Waals surface area contributed by atoms with E-state index in [1.807, 2.05) is 6.07 Å². The molecule has 0 saturated heterocycles. The molecule has 5 nitrogen and oxygen atoms in total. The van der Waals surface area contributed by atoms with Crippen molar-refractivity contribution in [1.82, 2.24) is 0 Å². The molecule has 0 amide bonds. The number of carbonyl (C=O) groups excluding carboxylic acids is 1. The fourth-order valence-electron chi connectivity index (χ4n) is 2.37. The SMILES string of the molecule is Nc1ccccc1SC(=O)CCCC(N)(C(=O)O)c1ccccc1. The lowest BCUT2D eigenvalue weighted by molar-refractivity contribution is -0.144. The first-order valence-electron chi connectivity index (χ1n) is 7.56. The van der Waals surface area contributed by atoms with E-state index in [-0.39, 0.29) is 18.0 Å². The van der Waals surface area contributed by atoms with Crippen LogP contribution in [0.4, 0.5) is 5.69 Å². The van der Waals surface area contributed by atoms with Crippen LogP contribution >= 0.6 is 11.8 Å².